The minimum atomic E-state index is -2.33. The molecule has 0 bridgehead atoms. The summed E-state index contributed by atoms with van der Waals surface area (Å²) in [4.78, 5) is 23.9. The molecular weight excluding hydrogens is 406 g/mol. The second-order valence-corrected chi connectivity index (χ2v) is 7.24. The van der Waals surface area contributed by atoms with E-state index in [1.165, 1.54) is 0 Å². The number of alkyl carbamates (subject to hydrolysis) is 1. The molecule has 0 saturated carbocycles. The molecule has 12 nitrogen and oxygen atoms in total. The third-order valence-corrected chi connectivity index (χ3v) is 4.34. The number of aliphatic hydroxyl groups is 4. The number of carboxylic acid groups (broad SMARTS) is 1. The van der Waals surface area contributed by atoms with Crippen molar-refractivity contribution in [3.8, 4) is 0 Å². The Hall–Kier alpha value is -1.54. The summed E-state index contributed by atoms with van der Waals surface area (Å²) >= 11 is 0. The Bertz CT molecular complexity index is 546. The predicted molar refractivity (Wildman–Crippen MR) is 101 cm³/mol. The normalized spacial score (nSPS) is 28.7. The van der Waals surface area contributed by atoms with E-state index in [1.807, 2.05) is 6.92 Å². The van der Waals surface area contributed by atoms with Crippen LogP contribution >= 0.6 is 0 Å². The molecule has 6 N–H and O–H groups in total. The predicted octanol–water partition coefficient (Wildman–Crippen LogP) is -1.42. The van der Waals surface area contributed by atoms with E-state index < -0.39 is 67.4 Å². The SMILES string of the molecule is CCCOCCOC(=O)NC1C(O)CC(OC(C)C)(C(=O)O)OC1C(O)C(O)CO. The summed E-state index contributed by atoms with van der Waals surface area (Å²) < 4.78 is 21.0. The van der Waals surface area contributed by atoms with Crippen LogP contribution in [0.4, 0.5) is 4.79 Å². The third kappa shape index (κ3) is 7.30. The molecule has 30 heavy (non-hydrogen) atoms. The highest BCUT2D eigenvalue weighted by Gasteiger charge is 2.56. The first-order chi connectivity index (χ1) is 14.1. The molecule has 1 fully saturated rings. The van der Waals surface area contributed by atoms with E-state index >= 15 is 0 Å². The van der Waals surface area contributed by atoms with E-state index in [2.05, 4.69) is 5.32 Å². The Morgan fingerprint density at radius 1 is 1.23 bits per heavy atom. The van der Waals surface area contributed by atoms with Gasteiger partial charge in [-0.25, -0.2) is 9.59 Å². The van der Waals surface area contributed by atoms with Crippen molar-refractivity contribution in [1.82, 2.24) is 5.32 Å². The minimum absolute atomic E-state index is 0.0719. The minimum Gasteiger partial charge on any atom is -0.477 e. The number of carbonyl (C=O) groups is 2. The van der Waals surface area contributed by atoms with E-state index in [9.17, 15) is 30.0 Å². The lowest BCUT2D eigenvalue weighted by Crippen LogP contribution is -2.68. The Morgan fingerprint density at radius 2 is 1.90 bits per heavy atom. The molecule has 1 saturated heterocycles. The molecule has 0 aromatic rings. The summed E-state index contributed by atoms with van der Waals surface area (Å²) in [5.41, 5.74) is 0. The van der Waals surface area contributed by atoms with Crippen LogP contribution in [0.2, 0.25) is 0 Å². The van der Waals surface area contributed by atoms with Crippen molar-refractivity contribution in [3.63, 3.8) is 0 Å². The Morgan fingerprint density at radius 3 is 2.43 bits per heavy atom. The van der Waals surface area contributed by atoms with Crippen molar-refractivity contribution < 1.29 is 54.1 Å². The average molecular weight is 439 g/mol. The number of carboxylic acids is 1. The van der Waals surface area contributed by atoms with Crippen molar-refractivity contribution in [2.75, 3.05) is 26.4 Å². The number of hydrogen-bond donors (Lipinski definition) is 6. The van der Waals surface area contributed by atoms with Gasteiger partial charge < -0.3 is 49.8 Å². The van der Waals surface area contributed by atoms with Gasteiger partial charge in [0.1, 0.15) is 24.9 Å². The van der Waals surface area contributed by atoms with Gasteiger partial charge in [-0.1, -0.05) is 6.92 Å². The molecule has 0 aromatic heterocycles. The summed E-state index contributed by atoms with van der Waals surface area (Å²) in [7, 11) is 0. The highest BCUT2D eigenvalue weighted by molar-refractivity contribution is 5.76. The molecule has 1 heterocycles. The molecule has 1 aliphatic heterocycles. The van der Waals surface area contributed by atoms with E-state index in [1.54, 1.807) is 13.8 Å². The molecular formula is C18H33NO11. The van der Waals surface area contributed by atoms with Crippen molar-refractivity contribution in [2.45, 2.75) is 76.0 Å². The Balaban J connectivity index is 2.98. The van der Waals surface area contributed by atoms with E-state index in [0.29, 0.717) is 6.61 Å². The highest BCUT2D eigenvalue weighted by atomic mass is 16.7. The zero-order valence-corrected chi connectivity index (χ0v) is 17.4. The number of aliphatic hydroxyl groups excluding tert-OH is 4. The molecule has 0 aromatic carbocycles. The number of rotatable bonds is 12. The van der Waals surface area contributed by atoms with Gasteiger partial charge in [0.25, 0.3) is 5.79 Å². The summed E-state index contributed by atoms with van der Waals surface area (Å²) in [6.45, 7) is 4.74. The molecule has 0 spiro atoms. The molecule has 0 radical (unpaired) electrons. The number of aliphatic carboxylic acids is 1. The van der Waals surface area contributed by atoms with Crippen LogP contribution in [0, 0.1) is 0 Å². The van der Waals surface area contributed by atoms with E-state index in [0.717, 1.165) is 6.42 Å². The number of ether oxygens (including phenoxy) is 4. The van der Waals surface area contributed by atoms with Crippen LogP contribution in [0.1, 0.15) is 33.6 Å². The second-order valence-electron chi connectivity index (χ2n) is 7.24. The van der Waals surface area contributed by atoms with Crippen LogP contribution in [0.5, 0.6) is 0 Å². The topological polar surface area (TPSA) is 184 Å². The largest absolute Gasteiger partial charge is 0.477 e. The smallest absolute Gasteiger partial charge is 0.407 e. The highest BCUT2D eigenvalue weighted by Crippen LogP contribution is 2.34. The molecule has 6 unspecified atom stereocenters. The fourth-order valence-corrected chi connectivity index (χ4v) is 3.01. The van der Waals surface area contributed by atoms with Gasteiger partial charge >= 0.3 is 12.1 Å². The van der Waals surface area contributed by atoms with Gasteiger partial charge in [-0.2, -0.15) is 0 Å². The van der Waals surface area contributed by atoms with Crippen molar-refractivity contribution in [3.05, 3.63) is 0 Å². The first-order valence-corrected chi connectivity index (χ1v) is 9.83. The molecule has 176 valence electrons. The molecule has 6 atom stereocenters. The number of nitrogens with one attached hydrogen (secondary N) is 1. The van der Waals surface area contributed by atoms with Gasteiger partial charge in [0.05, 0.1) is 31.5 Å². The summed E-state index contributed by atoms with van der Waals surface area (Å²) in [6.07, 6.45) is -8.10. The number of amides is 1. The van der Waals surface area contributed by atoms with Crippen LogP contribution in [-0.2, 0) is 23.7 Å². The van der Waals surface area contributed by atoms with E-state index in [-0.39, 0.29) is 13.2 Å². The molecule has 1 amide bonds. The van der Waals surface area contributed by atoms with Crippen LogP contribution in [0.15, 0.2) is 0 Å². The first-order valence-electron chi connectivity index (χ1n) is 9.83. The van der Waals surface area contributed by atoms with Crippen LogP contribution in [0.3, 0.4) is 0 Å². The Kier molecular flexibility index (Phi) is 10.9. The van der Waals surface area contributed by atoms with Crippen molar-refractivity contribution in [2.24, 2.45) is 0 Å². The third-order valence-electron chi connectivity index (χ3n) is 4.34. The van der Waals surface area contributed by atoms with Crippen LogP contribution in [-0.4, -0.2) is 106 Å². The summed E-state index contributed by atoms with van der Waals surface area (Å²) in [5, 5.41) is 51.8. The lowest BCUT2D eigenvalue weighted by molar-refractivity contribution is -0.319. The maximum Gasteiger partial charge on any atom is 0.407 e. The standard InChI is InChI=1S/C18H33NO11/c1-4-5-27-6-7-28-17(26)19-13-11(21)8-18(16(24)25,29-10(2)3)30-15(13)14(23)12(22)9-20/h10-15,20-23H,4-9H2,1-3H3,(H,19,26)(H,24,25). The number of hydrogen-bond acceptors (Lipinski definition) is 10. The average Bonchev–Trinajstić information content (AvgIpc) is 2.67. The van der Waals surface area contributed by atoms with Gasteiger partial charge in [0.15, 0.2) is 0 Å². The second kappa shape index (κ2) is 12.3. The van der Waals surface area contributed by atoms with E-state index in [4.69, 9.17) is 24.1 Å². The Labute approximate surface area is 174 Å². The maximum absolute atomic E-state index is 12.1. The molecule has 1 aliphatic rings. The van der Waals surface area contributed by atoms with Crippen LogP contribution in [0.25, 0.3) is 0 Å². The fourth-order valence-electron chi connectivity index (χ4n) is 3.01. The monoisotopic (exact) mass is 439 g/mol. The van der Waals surface area contributed by atoms with Crippen LogP contribution < -0.4 is 5.32 Å². The molecule has 0 aliphatic carbocycles. The lowest BCUT2D eigenvalue weighted by atomic mass is 9.88. The summed E-state index contributed by atoms with van der Waals surface area (Å²) in [5.74, 6) is -3.88. The quantitative estimate of drug-likeness (QED) is 0.196. The van der Waals surface area contributed by atoms with Crippen molar-refractivity contribution >= 4 is 12.1 Å². The molecule has 12 heteroatoms. The molecule has 1 rings (SSSR count). The van der Waals surface area contributed by atoms with Gasteiger partial charge in [-0.05, 0) is 20.3 Å². The van der Waals surface area contributed by atoms with Gasteiger partial charge in [0, 0.05) is 13.0 Å². The number of carbonyl (C=O) groups excluding carboxylic acids is 1. The van der Waals surface area contributed by atoms with Crippen molar-refractivity contribution in [1.29, 1.82) is 0 Å². The first kappa shape index (κ1) is 26.5. The lowest BCUT2D eigenvalue weighted by Gasteiger charge is -2.46. The van der Waals surface area contributed by atoms with Gasteiger partial charge in [0.2, 0.25) is 0 Å². The fraction of sp³-hybridized carbons (Fsp3) is 0.889. The zero-order chi connectivity index (χ0) is 22.9. The zero-order valence-electron chi connectivity index (χ0n) is 17.4. The maximum atomic E-state index is 12.1. The van der Waals surface area contributed by atoms with Gasteiger partial charge in [-0.15, -0.1) is 0 Å². The van der Waals surface area contributed by atoms with Gasteiger partial charge in [-0.3, -0.25) is 0 Å². The summed E-state index contributed by atoms with van der Waals surface area (Å²) in [6, 6.07) is -1.35.